The van der Waals surface area contributed by atoms with E-state index >= 15 is 0 Å². The third-order valence-corrected chi connectivity index (χ3v) is 4.15. The Labute approximate surface area is 124 Å². The van der Waals surface area contributed by atoms with Gasteiger partial charge in [-0.15, -0.1) is 11.3 Å². The molecule has 1 aromatic carbocycles. The summed E-state index contributed by atoms with van der Waals surface area (Å²) in [6, 6.07) is 12.4. The fourth-order valence-electron chi connectivity index (χ4n) is 1.84. The summed E-state index contributed by atoms with van der Waals surface area (Å²) in [6.07, 6.45) is 1.10. The minimum atomic E-state index is 0.574. The Morgan fingerprint density at radius 3 is 2.70 bits per heavy atom. The molecule has 0 atom stereocenters. The van der Waals surface area contributed by atoms with Gasteiger partial charge in [-0.1, -0.05) is 13.0 Å². The average Bonchev–Trinajstić information content (AvgIpc) is 2.94. The number of thiophene rings is 1. The molecule has 0 aliphatic carbocycles. The summed E-state index contributed by atoms with van der Waals surface area (Å²) >= 11 is 1.86. The molecule has 2 aromatic rings. The molecule has 2 rings (SSSR count). The summed E-state index contributed by atoms with van der Waals surface area (Å²) in [7, 11) is 1.67. The Morgan fingerprint density at radius 2 is 1.95 bits per heavy atom. The zero-order valence-corrected chi connectivity index (χ0v) is 12.8. The zero-order chi connectivity index (χ0) is 14.2. The van der Waals surface area contributed by atoms with Crippen LogP contribution in [0.2, 0.25) is 0 Å². The minimum absolute atomic E-state index is 0.574. The van der Waals surface area contributed by atoms with Crippen molar-refractivity contribution in [3.05, 3.63) is 46.2 Å². The second kappa shape index (κ2) is 7.92. The molecule has 1 N–H and O–H groups in total. The van der Waals surface area contributed by atoms with Crippen molar-refractivity contribution in [1.82, 2.24) is 0 Å². The number of aryl methyl sites for hydroxylation is 1. The van der Waals surface area contributed by atoms with E-state index in [1.165, 1.54) is 9.75 Å². The summed E-state index contributed by atoms with van der Waals surface area (Å²) in [5.41, 5.74) is 1.08. The highest BCUT2D eigenvalue weighted by Gasteiger charge is 2.00. The lowest BCUT2D eigenvalue weighted by molar-refractivity contribution is 0.146. The van der Waals surface area contributed by atoms with Gasteiger partial charge in [0.15, 0.2) is 0 Å². The van der Waals surface area contributed by atoms with Crippen molar-refractivity contribution >= 4 is 17.0 Å². The van der Waals surface area contributed by atoms with Crippen LogP contribution in [0, 0.1) is 0 Å². The fourth-order valence-corrected chi connectivity index (χ4v) is 2.73. The Kier molecular flexibility index (Phi) is 5.89. The first-order valence-electron chi connectivity index (χ1n) is 6.85. The molecule has 0 unspecified atom stereocenters. The lowest BCUT2D eigenvalue weighted by atomic mass is 10.3. The summed E-state index contributed by atoms with van der Waals surface area (Å²) in [4.78, 5) is 2.78. The molecule has 1 aromatic heterocycles. The first-order valence-corrected chi connectivity index (χ1v) is 7.66. The SMILES string of the molecule is CCc1ccc(CNc2cccc(OCCOC)c2)s1. The molecule has 0 saturated heterocycles. The van der Waals surface area contributed by atoms with E-state index in [2.05, 4.69) is 30.4 Å². The first-order chi connectivity index (χ1) is 9.81. The molecule has 108 valence electrons. The molecule has 0 fully saturated rings. The van der Waals surface area contributed by atoms with Crippen LogP contribution in [-0.2, 0) is 17.7 Å². The summed E-state index contributed by atoms with van der Waals surface area (Å²) < 4.78 is 10.6. The van der Waals surface area contributed by atoms with Crippen LogP contribution in [0.4, 0.5) is 5.69 Å². The molecular weight excluding hydrogens is 270 g/mol. The van der Waals surface area contributed by atoms with Gasteiger partial charge in [-0.25, -0.2) is 0 Å². The summed E-state index contributed by atoms with van der Waals surface area (Å²) in [5, 5.41) is 3.43. The number of hydrogen-bond acceptors (Lipinski definition) is 4. The monoisotopic (exact) mass is 291 g/mol. The largest absolute Gasteiger partial charge is 0.491 e. The standard InChI is InChI=1S/C16H21NO2S/c1-3-15-7-8-16(20-15)12-17-13-5-4-6-14(11-13)19-10-9-18-2/h4-8,11,17H,3,9-10,12H2,1-2H3. The van der Waals surface area contributed by atoms with Crippen molar-refractivity contribution < 1.29 is 9.47 Å². The zero-order valence-electron chi connectivity index (χ0n) is 12.0. The highest BCUT2D eigenvalue weighted by molar-refractivity contribution is 7.12. The quantitative estimate of drug-likeness (QED) is 0.747. The van der Waals surface area contributed by atoms with Crippen molar-refractivity contribution in [2.75, 3.05) is 25.6 Å². The Hall–Kier alpha value is -1.52. The van der Waals surface area contributed by atoms with E-state index in [0.29, 0.717) is 13.2 Å². The maximum absolute atomic E-state index is 5.60. The van der Waals surface area contributed by atoms with E-state index in [9.17, 15) is 0 Å². The molecule has 0 amide bonds. The normalized spacial score (nSPS) is 10.5. The van der Waals surface area contributed by atoms with E-state index in [4.69, 9.17) is 9.47 Å². The van der Waals surface area contributed by atoms with E-state index in [0.717, 1.165) is 24.4 Å². The number of rotatable bonds is 8. The Bertz CT molecular complexity index is 525. The van der Waals surface area contributed by atoms with Crippen LogP contribution in [0.1, 0.15) is 16.7 Å². The molecule has 0 saturated carbocycles. The van der Waals surface area contributed by atoms with Crippen LogP contribution >= 0.6 is 11.3 Å². The lowest BCUT2D eigenvalue weighted by Gasteiger charge is -2.09. The van der Waals surface area contributed by atoms with E-state index in [1.54, 1.807) is 7.11 Å². The maximum atomic E-state index is 5.60. The number of ether oxygens (including phenoxy) is 2. The van der Waals surface area contributed by atoms with Crippen molar-refractivity contribution in [2.45, 2.75) is 19.9 Å². The van der Waals surface area contributed by atoms with E-state index in [1.807, 2.05) is 29.5 Å². The molecule has 0 radical (unpaired) electrons. The molecule has 0 aliphatic rings. The van der Waals surface area contributed by atoms with Gasteiger partial charge in [0.25, 0.3) is 0 Å². The van der Waals surface area contributed by atoms with Crippen molar-refractivity contribution in [2.24, 2.45) is 0 Å². The summed E-state index contributed by atoms with van der Waals surface area (Å²) in [6.45, 7) is 4.22. The van der Waals surface area contributed by atoms with Gasteiger partial charge in [-0.2, -0.15) is 0 Å². The van der Waals surface area contributed by atoms with Crippen LogP contribution < -0.4 is 10.1 Å². The van der Waals surface area contributed by atoms with Gasteiger partial charge in [0.05, 0.1) is 6.61 Å². The topological polar surface area (TPSA) is 30.5 Å². The average molecular weight is 291 g/mol. The van der Waals surface area contributed by atoms with Gasteiger partial charge < -0.3 is 14.8 Å². The predicted octanol–water partition coefficient (Wildman–Crippen LogP) is 3.95. The molecular formula is C16H21NO2S. The van der Waals surface area contributed by atoms with Crippen molar-refractivity contribution in [3.63, 3.8) is 0 Å². The smallest absolute Gasteiger partial charge is 0.121 e. The van der Waals surface area contributed by atoms with Crippen LogP contribution in [-0.4, -0.2) is 20.3 Å². The second-order valence-corrected chi connectivity index (χ2v) is 5.70. The molecule has 1 heterocycles. The second-order valence-electron chi connectivity index (χ2n) is 4.44. The number of methoxy groups -OCH3 is 1. The number of anilines is 1. The highest BCUT2D eigenvalue weighted by Crippen LogP contribution is 2.21. The fraction of sp³-hybridized carbons (Fsp3) is 0.375. The third-order valence-electron chi connectivity index (χ3n) is 2.92. The van der Waals surface area contributed by atoms with Crippen LogP contribution in [0.3, 0.4) is 0 Å². The lowest BCUT2D eigenvalue weighted by Crippen LogP contribution is -2.04. The van der Waals surface area contributed by atoms with Crippen molar-refractivity contribution in [1.29, 1.82) is 0 Å². The molecule has 3 nitrogen and oxygen atoms in total. The molecule has 20 heavy (non-hydrogen) atoms. The molecule has 0 bridgehead atoms. The number of hydrogen-bond donors (Lipinski definition) is 1. The van der Waals surface area contributed by atoms with Crippen LogP contribution in [0.25, 0.3) is 0 Å². The number of benzene rings is 1. The van der Waals surface area contributed by atoms with E-state index in [-0.39, 0.29) is 0 Å². The predicted molar refractivity (Wildman–Crippen MR) is 84.8 cm³/mol. The number of nitrogens with one attached hydrogen (secondary N) is 1. The molecule has 0 aliphatic heterocycles. The highest BCUT2D eigenvalue weighted by atomic mass is 32.1. The molecule has 4 heteroatoms. The summed E-state index contributed by atoms with van der Waals surface area (Å²) in [5.74, 6) is 0.868. The molecule has 0 spiro atoms. The Balaban J connectivity index is 1.87. The minimum Gasteiger partial charge on any atom is -0.491 e. The van der Waals surface area contributed by atoms with E-state index < -0.39 is 0 Å². The maximum Gasteiger partial charge on any atom is 0.121 e. The van der Waals surface area contributed by atoms with Gasteiger partial charge in [0, 0.05) is 35.2 Å². The van der Waals surface area contributed by atoms with Crippen LogP contribution in [0.5, 0.6) is 5.75 Å². The van der Waals surface area contributed by atoms with Crippen molar-refractivity contribution in [3.8, 4) is 5.75 Å². The van der Waals surface area contributed by atoms with Crippen LogP contribution in [0.15, 0.2) is 36.4 Å². The third kappa shape index (κ3) is 4.54. The van der Waals surface area contributed by atoms with Gasteiger partial charge >= 0.3 is 0 Å². The van der Waals surface area contributed by atoms with Gasteiger partial charge in [-0.3, -0.25) is 0 Å². The van der Waals surface area contributed by atoms with Gasteiger partial charge in [0.1, 0.15) is 12.4 Å². The van der Waals surface area contributed by atoms with Gasteiger partial charge in [-0.05, 0) is 30.7 Å². The Morgan fingerprint density at radius 1 is 1.10 bits per heavy atom. The first kappa shape index (κ1) is 14.9. The van der Waals surface area contributed by atoms with Gasteiger partial charge in [0.2, 0.25) is 0 Å².